The molecule has 0 saturated carbocycles. The zero-order chi connectivity index (χ0) is 18.8. The number of carbonyl (C=O) groups excluding carboxylic acids is 2. The second kappa shape index (κ2) is 10.2. The number of carbonyl (C=O) groups is 2. The summed E-state index contributed by atoms with van der Waals surface area (Å²) < 4.78 is 5.74. The highest BCUT2D eigenvalue weighted by atomic mass is 16.5. The molecule has 2 aromatic carbocycles. The van der Waals surface area contributed by atoms with Crippen LogP contribution < -0.4 is 15.6 Å². The molecule has 0 atom stereocenters. The maximum Gasteiger partial charge on any atom is 0.273 e. The maximum atomic E-state index is 12.4. The second-order valence-corrected chi connectivity index (χ2v) is 6.13. The Morgan fingerprint density at radius 2 is 1.46 bits per heavy atom. The Labute approximate surface area is 154 Å². The number of benzene rings is 2. The summed E-state index contributed by atoms with van der Waals surface area (Å²) in [6.45, 7) is 4.57. The summed E-state index contributed by atoms with van der Waals surface area (Å²) >= 11 is 0. The molecule has 5 nitrogen and oxygen atoms in total. The van der Waals surface area contributed by atoms with E-state index in [1.54, 1.807) is 30.3 Å². The van der Waals surface area contributed by atoms with E-state index in [4.69, 9.17) is 4.74 Å². The van der Waals surface area contributed by atoms with Crippen molar-refractivity contribution in [2.45, 2.75) is 39.5 Å². The van der Waals surface area contributed by atoms with Gasteiger partial charge in [0.15, 0.2) is 0 Å². The topological polar surface area (TPSA) is 67.4 Å². The lowest BCUT2D eigenvalue weighted by Gasteiger charge is -2.13. The van der Waals surface area contributed by atoms with Crippen molar-refractivity contribution in [2.24, 2.45) is 0 Å². The number of rotatable bonds is 8. The van der Waals surface area contributed by atoms with E-state index in [1.165, 1.54) is 12.8 Å². The fourth-order valence-electron chi connectivity index (χ4n) is 2.57. The van der Waals surface area contributed by atoms with Crippen molar-refractivity contribution in [3.8, 4) is 5.75 Å². The first-order valence-electron chi connectivity index (χ1n) is 9.01. The van der Waals surface area contributed by atoms with Crippen LogP contribution in [0.25, 0.3) is 0 Å². The van der Waals surface area contributed by atoms with E-state index >= 15 is 0 Å². The first kappa shape index (κ1) is 19.5. The minimum atomic E-state index is -0.406. The Morgan fingerprint density at radius 1 is 0.846 bits per heavy atom. The van der Waals surface area contributed by atoms with Crippen LogP contribution in [0, 0.1) is 6.92 Å². The zero-order valence-corrected chi connectivity index (χ0v) is 15.4. The summed E-state index contributed by atoms with van der Waals surface area (Å²) in [5, 5.41) is 0. The highest BCUT2D eigenvalue weighted by molar-refractivity contribution is 6.00. The Balaban J connectivity index is 1.93. The Morgan fingerprint density at radius 3 is 2.15 bits per heavy atom. The number of para-hydroxylation sites is 1. The molecule has 2 amide bonds. The maximum absolute atomic E-state index is 12.4. The third-order valence-corrected chi connectivity index (χ3v) is 4.07. The predicted molar refractivity (Wildman–Crippen MR) is 102 cm³/mol. The minimum Gasteiger partial charge on any atom is -0.493 e. The first-order valence-corrected chi connectivity index (χ1v) is 9.01. The molecule has 0 unspecified atom stereocenters. The van der Waals surface area contributed by atoms with Crippen molar-refractivity contribution < 1.29 is 14.3 Å². The van der Waals surface area contributed by atoms with Crippen molar-refractivity contribution >= 4 is 11.8 Å². The summed E-state index contributed by atoms with van der Waals surface area (Å²) in [7, 11) is 0. The van der Waals surface area contributed by atoms with E-state index in [0.29, 0.717) is 23.5 Å². The molecule has 0 fully saturated rings. The Hall–Kier alpha value is -2.82. The second-order valence-electron chi connectivity index (χ2n) is 6.13. The average Bonchev–Trinajstić information content (AvgIpc) is 2.66. The van der Waals surface area contributed by atoms with Gasteiger partial charge in [-0.2, -0.15) is 0 Å². The normalized spacial score (nSPS) is 10.2. The third-order valence-electron chi connectivity index (χ3n) is 4.07. The lowest BCUT2D eigenvalue weighted by molar-refractivity contribution is 0.0844. The molecule has 0 saturated heterocycles. The minimum absolute atomic E-state index is 0.352. The third kappa shape index (κ3) is 5.62. The molecule has 2 N–H and O–H groups in total. The molecule has 0 spiro atoms. The van der Waals surface area contributed by atoms with Gasteiger partial charge in [0, 0.05) is 5.56 Å². The van der Waals surface area contributed by atoms with Gasteiger partial charge in [-0.15, -0.1) is 0 Å². The van der Waals surface area contributed by atoms with E-state index in [1.807, 2.05) is 25.1 Å². The van der Waals surface area contributed by atoms with Crippen molar-refractivity contribution in [3.63, 3.8) is 0 Å². The van der Waals surface area contributed by atoms with Crippen molar-refractivity contribution in [3.05, 3.63) is 65.2 Å². The van der Waals surface area contributed by atoms with Gasteiger partial charge >= 0.3 is 0 Å². The van der Waals surface area contributed by atoms with Crippen LogP contribution in [0.4, 0.5) is 0 Å². The number of ether oxygens (including phenoxy) is 1. The first-order chi connectivity index (χ1) is 12.6. The standard InChI is InChI=1S/C21H26N2O3/c1-3-4-5-10-15-26-19-14-9-8-13-18(19)21(25)23-22-20(24)17-12-7-6-11-16(17)2/h6-9,11-14H,3-5,10,15H2,1-2H3,(H,22,24)(H,23,25). The summed E-state index contributed by atoms with van der Waals surface area (Å²) in [6, 6.07) is 14.2. The van der Waals surface area contributed by atoms with E-state index in [9.17, 15) is 9.59 Å². The van der Waals surface area contributed by atoms with Crippen LogP contribution in [0.1, 0.15) is 58.9 Å². The lowest BCUT2D eigenvalue weighted by Crippen LogP contribution is -2.42. The van der Waals surface area contributed by atoms with Gasteiger partial charge in [-0.05, 0) is 37.1 Å². The Bertz CT molecular complexity index is 744. The van der Waals surface area contributed by atoms with Crippen LogP contribution >= 0.6 is 0 Å². The van der Waals surface area contributed by atoms with Crippen LogP contribution in [0.5, 0.6) is 5.75 Å². The van der Waals surface area contributed by atoms with Gasteiger partial charge in [0.1, 0.15) is 5.75 Å². The molecule has 26 heavy (non-hydrogen) atoms. The van der Waals surface area contributed by atoms with Crippen molar-refractivity contribution in [1.29, 1.82) is 0 Å². The smallest absolute Gasteiger partial charge is 0.273 e. The quantitative estimate of drug-likeness (QED) is 0.555. The van der Waals surface area contributed by atoms with E-state index in [-0.39, 0.29) is 5.91 Å². The van der Waals surface area contributed by atoms with Crippen molar-refractivity contribution in [1.82, 2.24) is 10.9 Å². The summed E-state index contributed by atoms with van der Waals surface area (Å²) in [5.41, 5.74) is 6.67. The molecule has 0 aromatic heterocycles. The van der Waals surface area contributed by atoms with Crippen molar-refractivity contribution in [2.75, 3.05) is 6.61 Å². The highest BCUT2D eigenvalue weighted by Gasteiger charge is 2.14. The van der Waals surface area contributed by atoms with Gasteiger partial charge in [0.25, 0.3) is 11.8 Å². The molecule has 0 aliphatic carbocycles. The number of hydrogen-bond donors (Lipinski definition) is 2. The summed E-state index contributed by atoms with van der Waals surface area (Å²) in [6.07, 6.45) is 4.40. The molecule has 0 heterocycles. The van der Waals surface area contributed by atoms with Crippen LogP contribution in [-0.2, 0) is 0 Å². The number of nitrogens with one attached hydrogen (secondary N) is 2. The molecule has 0 aliphatic rings. The van der Waals surface area contributed by atoms with E-state index in [0.717, 1.165) is 18.4 Å². The largest absolute Gasteiger partial charge is 0.493 e. The number of unbranched alkanes of at least 4 members (excludes halogenated alkanes) is 3. The summed E-state index contributed by atoms with van der Waals surface area (Å²) in [4.78, 5) is 24.6. The molecule has 0 radical (unpaired) electrons. The van der Waals surface area contributed by atoms with Gasteiger partial charge in [0.05, 0.1) is 12.2 Å². The molecule has 0 bridgehead atoms. The zero-order valence-electron chi connectivity index (χ0n) is 15.4. The van der Waals surface area contributed by atoms with Gasteiger partial charge in [-0.25, -0.2) is 0 Å². The van der Waals surface area contributed by atoms with Gasteiger partial charge < -0.3 is 4.74 Å². The molecule has 138 valence electrons. The number of hydrogen-bond acceptors (Lipinski definition) is 3. The fourth-order valence-corrected chi connectivity index (χ4v) is 2.57. The van der Waals surface area contributed by atoms with E-state index in [2.05, 4.69) is 17.8 Å². The lowest BCUT2D eigenvalue weighted by atomic mass is 10.1. The predicted octanol–water partition coefficient (Wildman–Crippen LogP) is 4.03. The van der Waals surface area contributed by atoms with Crippen LogP contribution in [0.15, 0.2) is 48.5 Å². The fraction of sp³-hybridized carbons (Fsp3) is 0.333. The van der Waals surface area contributed by atoms with Crippen LogP contribution in [0.3, 0.4) is 0 Å². The molecule has 0 aliphatic heterocycles. The molecular weight excluding hydrogens is 328 g/mol. The average molecular weight is 354 g/mol. The van der Waals surface area contributed by atoms with Crippen LogP contribution in [0.2, 0.25) is 0 Å². The molecule has 2 rings (SSSR count). The number of aryl methyl sites for hydroxylation is 1. The summed E-state index contributed by atoms with van der Waals surface area (Å²) in [5.74, 6) is -0.239. The number of amides is 2. The molecule has 5 heteroatoms. The van der Waals surface area contributed by atoms with Crippen LogP contribution in [-0.4, -0.2) is 18.4 Å². The molecule has 2 aromatic rings. The van der Waals surface area contributed by atoms with Gasteiger partial charge in [-0.3, -0.25) is 20.4 Å². The monoisotopic (exact) mass is 354 g/mol. The SMILES string of the molecule is CCCCCCOc1ccccc1C(=O)NNC(=O)c1ccccc1C. The molecular formula is C21H26N2O3. The van der Waals surface area contributed by atoms with E-state index < -0.39 is 5.91 Å². The number of hydrazine groups is 1. The van der Waals surface area contributed by atoms with Gasteiger partial charge in [-0.1, -0.05) is 56.5 Å². The van der Waals surface area contributed by atoms with Gasteiger partial charge in [0.2, 0.25) is 0 Å². The highest BCUT2D eigenvalue weighted by Crippen LogP contribution is 2.18. The Kier molecular flexibility index (Phi) is 7.68.